The van der Waals surface area contributed by atoms with Gasteiger partial charge >= 0.3 is 0 Å². The number of benzene rings is 2. The summed E-state index contributed by atoms with van der Waals surface area (Å²) in [5.74, 6) is 2.07. The molecule has 3 heteroatoms. The summed E-state index contributed by atoms with van der Waals surface area (Å²) in [5.41, 5.74) is 1.24. The van der Waals surface area contributed by atoms with E-state index >= 15 is 0 Å². The molecule has 0 unspecified atom stereocenters. The maximum absolute atomic E-state index is 8.63. The smallest absolute Gasteiger partial charge is 0.145 e. The van der Waals surface area contributed by atoms with Gasteiger partial charge in [-0.15, -0.1) is 0 Å². The topological polar surface area (TPSA) is 29.5 Å². The lowest BCUT2D eigenvalue weighted by Gasteiger charge is -2.26. The van der Waals surface area contributed by atoms with Crippen molar-refractivity contribution >= 4 is 18.1 Å². The van der Waals surface area contributed by atoms with E-state index in [9.17, 15) is 0 Å². The second-order valence-corrected chi connectivity index (χ2v) is 6.73. The highest BCUT2D eigenvalue weighted by Gasteiger charge is 2.22. The molecule has 4 rings (SSSR count). The second kappa shape index (κ2) is 8.11. The van der Waals surface area contributed by atoms with E-state index in [1.54, 1.807) is 36.3 Å². The predicted molar refractivity (Wildman–Crippen MR) is 97.3 cm³/mol. The standard InChI is InChI=1S/C14H16OS.C6H6O/c1-2-6-11(7-3-1)14-10-12-8-4-5-9-13(12)15-16-14;7-6-4-2-1-3-5-6/h4-5,8-11H,1-3,6-7H2;1-5,7H. The summed E-state index contributed by atoms with van der Waals surface area (Å²) in [6.07, 6.45) is 9.16. The maximum atomic E-state index is 8.63. The fourth-order valence-corrected chi connectivity index (χ4v) is 3.83. The number of para-hydroxylation sites is 2. The maximum Gasteiger partial charge on any atom is 0.145 e. The average Bonchev–Trinajstić information content (AvgIpc) is 2.63. The number of phenolic OH excluding ortho intramolecular Hbond substituents is 1. The molecule has 1 fully saturated rings. The van der Waals surface area contributed by atoms with E-state index in [1.807, 2.05) is 18.2 Å². The summed E-state index contributed by atoms with van der Waals surface area (Å²) < 4.78 is 5.74. The van der Waals surface area contributed by atoms with Gasteiger partial charge in [-0.25, -0.2) is 0 Å². The number of fused-ring (bicyclic) bond motifs is 1. The van der Waals surface area contributed by atoms with Gasteiger partial charge in [0.1, 0.15) is 11.5 Å². The van der Waals surface area contributed by atoms with Crippen LogP contribution in [0.25, 0.3) is 6.08 Å². The van der Waals surface area contributed by atoms with Crippen LogP contribution in [-0.4, -0.2) is 5.11 Å². The molecule has 0 atom stereocenters. The Balaban J connectivity index is 0.000000188. The predicted octanol–water partition coefficient (Wildman–Crippen LogP) is 6.04. The number of rotatable bonds is 1. The van der Waals surface area contributed by atoms with E-state index in [0.29, 0.717) is 5.75 Å². The van der Waals surface area contributed by atoms with E-state index in [-0.39, 0.29) is 0 Å². The molecule has 0 saturated heterocycles. The Morgan fingerprint density at radius 1 is 0.870 bits per heavy atom. The zero-order chi connectivity index (χ0) is 15.9. The Kier molecular flexibility index (Phi) is 5.65. The first-order valence-electron chi connectivity index (χ1n) is 8.22. The number of aromatic hydroxyl groups is 1. The van der Waals surface area contributed by atoms with Gasteiger partial charge in [-0.3, -0.25) is 0 Å². The van der Waals surface area contributed by atoms with Crippen LogP contribution in [0.15, 0.2) is 59.5 Å². The lowest BCUT2D eigenvalue weighted by Crippen LogP contribution is -2.09. The summed E-state index contributed by atoms with van der Waals surface area (Å²) in [4.78, 5) is 1.43. The van der Waals surface area contributed by atoms with E-state index < -0.39 is 0 Å². The largest absolute Gasteiger partial charge is 0.508 e. The minimum Gasteiger partial charge on any atom is -0.508 e. The zero-order valence-corrected chi connectivity index (χ0v) is 14.0. The van der Waals surface area contributed by atoms with Crippen molar-refractivity contribution in [2.24, 2.45) is 5.92 Å². The molecule has 0 bridgehead atoms. The van der Waals surface area contributed by atoms with Crippen LogP contribution < -0.4 is 4.18 Å². The molecule has 23 heavy (non-hydrogen) atoms. The van der Waals surface area contributed by atoms with E-state index in [0.717, 1.165) is 11.7 Å². The van der Waals surface area contributed by atoms with Crippen LogP contribution >= 0.6 is 12.0 Å². The summed E-state index contributed by atoms with van der Waals surface area (Å²) in [5, 5.41) is 8.63. The van der Waals surface area contributed by atoms with Crippen LogP contribution in [0.2, 0.25) is 0 Å². The lowest BCUT2D eigenvalue weighted by atomic mass is 9.88. The Bertz CT molecular complexity index is 646. The Labute approximate surface area is 142 Å². The van der Waals surface area contributed by atoms with Gasteiger partial charge in [0.15, 0.2) is 0 Å². The molecule has 1 aliphatic heterocycles. The first-order valence-corrected chi connectivity index (χ1v) is 8.96. The van der Waals surface area contributed by atoms with E-state index in [1.165, 1.54) is 42.6 Å². The Morgan fingerprint density at radius 2 is 1.57 bits per heavy atom. The van der Waals surface area contributed by atoms with Crippen molar-refractivity contribution in [3.63, 3.8) is 0 Å². The van der Waals surface area contributed by atoms with Crippen molar-refractivity contribution in [3.8, 4) is 11.5 Å². The van der Waals surface area contributed by atoms with Gasteiger partial charge < -0.3 is 9.29 Å². The van der Waals surface area contributed by atoms with Gasteiger partial charge in [-0.1, -0.05) is 55.7 Å². The van der Waals surface area contributed by atoms with Crippen molar-refractivity contribution < 1.29 is 9.29 Å². The van der Waals surface area contributed by atoms with Crippen molar-refractivity contribution in [2.45, 2.75) is 32.1 Å². The van der Waals surface area contributed by atoms with Crippen molar-refractivity contribution in [3.05, 3.63) is 65.1 Å². The normalized spacial score (nSPS) is 17.1. The Hall–Kier alpha value is -1.87. The quantitative estimate of drug-likeness (QED) is 0.648. The Morgan fingerprint density at radius 3 is 2.26 bits per heavy atom. The van der Waals surface area contributed by atoms with Gasteiger partial charge in [0.05, 0.1) is 12.0 Å². The second-order valence-electron chi connectivity index (χ2n) is 5.92. The highest BCUT2D eigenvalue weighted by atomic mass is 32.2. The van der Waals surface area contributed by atoms with Gasteiger partial charge in [0, 0.05) is 10.5 Å². The summed E-state index contributed by atoms with van der Waals surface area (Å²) in [7, 11) is 0. The average molecular weight is 326 g/mol. The lowest BCUT2D eigenvalue weighted by molar-refractivity contribution is 0.413. The van der Waals surface area contributed by atoms with Crippen LogP contribution in [-0.2, 0) is 0 Å². The number of hydrogen-bond donors (Lipinski definition) is 1. The zero-order valence-electron chi connectivity index (χ0n) is 13.2. The van der Waals surface area contributed by atoms with Crippen LogP contribution in [0.4, 0.5) is 0 Å². The number of phenols is 1. The third kappa shape index (κ3) is 4.55. The number of allylic oxidation sites excluding steroid dienone is 1. The molecule has 2 nitrogen and oxygen atoms in total. The molecule has 0 amide bonds. The van der Waals surface area contributed by atoms with Gasteiger partial charge in [0.25, 0.3) is 0 Å². The van der Waals surface area contributed by atoms with Crippen molar-refractivity contribution in [1.29, 1.82) is 0 Å². The third-order valence-corrected chi connectivity index (χ3v) is 5.11. The first kappa shape index (κ1) is 16.0. The molecular formula is C20H22O2S. The van der Waals surface area contributed by atoms with Crippen LogP contribution in [0.5, 0.6) is 11.5 Å². The summed E-state index contributed by atoms with van der Waals surface area (Å²) in [6, 6.07) is 17.0. The molecule has 2 aromatic carbocycles. The molecule has 0 aromatic heterocycles. The van der Waals surface area contributed by atoms with E-state index in [4.69, 9.17) is 9.29 Å². The van der Waals surface area contributed by atoms with Crippen molar-refractivity contribution in [1.82, 2.24) is 0 Å². The van der Waals surface area contributed by atoms with E-state index in [2.05, 4.69) is 18.2 Å². The van der Waals surface area contributed by atoms with Gasteiger partial charge in [-0.05, 0) is 43.0 Å². The highest BCUT2D eigenvalue weighted by Crippen LogP contribution is 2.42. The minimum absolute atomic E-state index is 0.322. The van der Waals surface area contributed by atoms with Crippen molar-refractivity contribution in [2.75, 3.05) is 0 Å². The molecule has 1 aliphatic carbocycles. The minimum atomic E-state index is 0.322. The summed E-state index contributed by atoms with van der Waals surface area (Å²) >= 11 is 1.57. The first-order chi connectivity index (χ1) is 11.3. The van der Waals surface area contributed by atoms with Crippen LogP contribution in [0.1, 0.15) is 37.7 Å². The highest BCUT2D eigenvalue weighted by molar-refractivity contribution is 7.99. The SMILES string of the molecule is C1=C(C2CCCCC2)SOc2ccccc21.Oc1ccccc1. The number of hydrogen-bond acceptors (Lipinski definition) is 3. The molecule has 0 radical (unpaired) electrons. The molecule has 0 spiro atoms. The molecular weight excluding hydrogens is 304 g/mol. The summed E-state index contributed by atoms with van der Waals surface area (Å²) in [6.45, 7) is 0. The molecule has 2 aromatic rings. The van der Waals surface area contributed by atoms with Crippen LogP contribution in [0.3, 0.4) is 0 Å². The molecule has 1 heterocycles. The fourth-order valence-electron chi connectivity index (χ4n) is 2.95. The van der Waals surface area contributed by atoms with Crippen LogP contribution in [0, 0.1) is 5.92 Å². The molecule has 120 valence electrons. The van der Waals surface area contributed by atoms with Gasteiger partial charge in [-0.2, -0.15) is 0 Å². The third-order valence-electron chi connectivity index (χ3n) is 4.21. The molecule has 2 aliphatic rings. The van der Waals surface area contributed by atoms with Gasteiger partial charge in [0.2, 0.25) is 0 Å². The molecule has 1 N–H and O–H groups in total. The molecule has 1 saturated carbocycles. The monoisotopic (exact) mass is 326 g/mol. The fraction of sp³-hybridized carbons (Fsp3) is 0.300.